The molecule has 1 saturated heterocycles. The maximum absolute atomic E-state index is 12.6. The van der Waals surface area contributed by atoms with Crippen LogP contribution in [-0.4, -0.2) is 28.4 Å². The number of hydrogen-bond acceptors (Lipinski definition) is 3. The molecule has 1 aromatic carbocycles. The Bertz CT molecular complexity index is 689. The summed E-state index contributed by atoms with van der Waals surface area (Å²) in [6.45, 7) is 0. The SMILES string of the molecule is O=C(NN1C(=O)NC2(CCCCC2)C1=O)c1cc(Br)ccc1Cl. The summed E-state index contributed by atoms with van der Waals surface area (Å²) in [5.74, 6) is -1.01. The Morgan fingerprint density at radius 2 is 1.96 bits per heavy atom. The lowest BCUT2D eigenvalue weighted by Crippen LogP contribution is -2.51. The van der Waals surface area contributed by atoms with Crippen LogP contribution in [0.2, 0.25) is 5.02 Å². The number of nitrogens with zero attached hydrogens (tertiary/aromatic N) is 1. The number of hydrazine groups is 1. The molecule has 2 aliphatic rings. The fourth-order valence-corrected chi connectivity index (χ4v) is 3.61. The highest BCUT2D eigenvalue weighted by Crippen LogP contribution is 2.33. The number of rotatable bonds is 2. The van der Waals surface area contributed by atoms with Gasteiger partial charge in [0.2, 0.25) is 0 Å². The van der Waals surface area contributed by atoms with Gasteiger partial charge in [0, 0.05) is 4.47 Å². The summed E-state index contributed by atoms with van der Waals surface area (Å²) in [7, 11) is 0. The standard InChI is InChI=1S/C15H15BrClN3O3/c16-9-4-5-11(17)10(8-9)12(21)19-20-13(22)15(18-14(20)23)6-2-1-3-7-15/h4-5,8H,1-3,6-7H2,(H,18,23)(H,19,21). The lowest BCUT2D eigenvalue weighted by molar-refractivity contribution is -0.134. The Balaban J connectivity index is 1.80. The molecule has 4 amide bonds. The molecule has 1 heterocycles. The average molecular weight is 401 g/mol. The number of benzene rings is 1. The van der Waals surface area contributed by atoms with E-state index in [0.717, 1.165) is 24.3 Å². The average Bonchev–Trinajstić information content (AvgIpc) is 2.74. The van der Waals surface area contributed by atoms with Crippen LogP contribution in [-0.2, 0) is 4.79 Å². The third-order valence-corrected chi connectivity index (χ3v) is 5.08. The van der Waals surface area contributed by atoms with E-state index in [1.54, 1.807) is 12.1 Å². The minimum Gasteiger partial charge on any atom is -0.322 e. The highest BCUT2D eigenvalue weighted by atomic mass is 79.9. The van der Waals surface area contributed by atoms with Crippen molar-refractivity contribution in [1.29, 1.82) is 0 Å². The van der Waals surface area contributed by atoms with Crippen LogP contribution < -0.4 is 10.7 Å². The number of hydrogen-bond donors (Lipinski definition) is 2. The van der Waals surface area contributed by atoms with E-state index >= 15 is 0 Å². The molecule has 0 radical (unpaired) electrons. The van der Waals surface area contributed by atoms with Crippen molar-refractivity contribution in [1.82, 2.24) is 15.8 Å². The largest absolute Gasteiger partial charge is 0.344 e. The summed E-state index contributed by atoms with van der Waals surface area (Å²) in [5, 5.41) is 3.74. The van der Waals surface area contributed by atoms with E-state index in [4.69, 9.17) is 11.6 Å². The molecule has 1 saturated carbocycles. The van der Waals surface area contributed by atoms with Gasteiger partial charge < -0.3 is 5.32 Å². The van der Waals surface area contributed by atoms with Crippen molar-refractivity contribution in [2.24, 2.45) is 0 Å². The molecule has 6 nitrogen and oxygen atoms in total. The van der Waals surface area contributed by atoms with Gasteiger partial charge in [0.25, 0.3) is 11.8 Å². The molecule has 1 aliphatic heterocycles. The van der Waals surface area contributed by atoms with Crippen LogP contribution in [0.25, 0.3) is 0 Å². The maximum atomic E-state index is 12.6. The topological polar surface area (TPSA) is 78.5 Å². The molecule has 1 aromatic rings. The normalized spacial score (nSPS) is 19.8. The molecule has 3 rings (SSSR count). The minimum atomic E-state index is -0.871. The van der Waals surface area contributed by atoms with Crippen LogP contribution >= 0.6 is 27.5 Å². The van der Waals surface area contributed by atoms with Crippen molar-refractivity contribution in [2.45, 2.75) is 37.6 Å². The second kappa shape index (κ2) is 6.13. The third kappa shape index (κ3) is 2.95. The zero-order chi connectivity index (χ0) is 16.6. The summed E-state index contributed by atoms with van der Waals surface area (Å²) in [6.07, 6.45) is 4.00. The van der Waals surface area contributed by atoms with Crippen molar-refractivity contribution in [3.05, 3.63) is 33.3 Å². The van der Waals surface area contributed by atoms with Gasteiger partial charge in [-0.25, -0.2) is 4.79 Å². The molecule has 0 atom stereocenters. The van der Waals surface area contributed by atoms with E-state index in [1.165, 1.54) is 6.07 Å². The fraction of sp³-hybridized carbons (Fsp3) is 0.400. The number of urea groups is 1. The van der Waals surface area contributed by atoms with Gasteiger partial charge in [0.1, 0.15) is 5.54 Å². The smallest absolute Gasteiger partial charge is 0.322 e. The van der Waals surface area contributed by atoms with Gasteiger partial charge in [0.15, 0.2) is 0 Å². The van der Waals surface area contributed by atoms with Gasteiger partial charge in [0.05, 0.1) is 10.6 Å². The molecular formula is C15H15BrClN3O3. The number of carbonyl (C=O) groups excluding carboxylic acids is 3. The van der Waals surface area contributed by atoms with Crippen LogP contribution in [0.3, 0.4) is 0 Å². The molecular weight excluding hydrogens is 386 g/mol. The van der Waals surface area contributed by atoms with E-state index in [1.807, 2.05) is 0 Å². The molecule has 0 bridgehead atoms. The summed E-state index contributed by atoms with van der Waals surface area (Å²) in [5.41, 5.74) is 1.68. The Hall–Kier alpha value is -1.60. The molecule has 0 aromatic heterocycles. The van der Waals surface area contributed by atoms with Gasteiger partial charge in [-0.2, -0.15) is 5.01 Å². The first-order valence-electron chi connectivity index (χ1n) is 7.36. The predicted octanol–water partition coefficient (Wildman–Crippen LogP) is 3.00. The number of amides is 4. The van der Waals surface area contributed by atoms with Gasteiger partial charge >= 0.3 is 6.03 Å². The zero-order valence-electron chi connectivity index (χ0n) is 12.2. The third-order valence-electron chi connectivity index (χ3n) is 4.26. The molecule has 8 heteroatoms. The van der Waals surface area contributed by atoms with Gasteiger partial charge in [-0.3, -0.25) is 15.0 Å². The Labute approximate surface area is 146 Å². The van der Waals surface area contributed by atoms with E-state index in [2.05, 4.69) is 26.7 Å². The molecule has 0 unspecified atom stereocenters. The fourth-order valence-electron chi connectivity index (χ4n) is 3.05. The first kappa shape index (κ1) is 16.3. The van der Waals surface area contributed by atoms with E-state index in [-0.39, 0.29) is 10.6 Å². The lowest BCUT2D eigenvalue weighted by Gasteiger charge is -2.30. The molecule has 2 N–H and O–H groups in total. The maximum Gasteiger partial charge on any atom is 0.344 e. The van der Waals surface area contributed by atoms with Gasteiger partial charge in [-0.05, 0) is 31.0 Å². The zero-order valence-corrected chi connectivity index (χ0v) is 14.5. The summed E-state index contributed by atoms with van der Waals surface area (Å²) >= 11 is 9.27. The van der Waals surface area contributed by atoms with Crippen LogP contribution in [0, 0.1) is 0 Å². The minimum absolute atomic E-state index is 0.186. The second-order valence-corrected chi connectivity index (χ2v) is 7.10. The van der Waals surface area contributed by atoms with Gasteiger partial charge in [-0.15, -0.1) is 0 Å². The van der Waals surface area contributed by atoms with Crippen LogP contribution in [0.5, 0.6) is 0 Å². The predicted molar refractivity (Wildman–Crippen MR) is 87.8 cm³/mol. The summed E-state index contributed by atoms with van der Waals surface area (Å²) < 4.78 is 0.674. The molecule has 23 heavy (non-hydrogen) atoms. The molecule has 122 valence electrons. The molecule has 2 fully saturated rings. The van der Waals surface area contributed by atoms with Crippen molar-refractivity contribution in [3.63, 3.8) is 0 Å². The quantitative estimate of drug-likeness (QED) is 0.749. The Morgan fingerprint density at radius 3 is 2.65 bits per heavy atom. The Morgan fingerprint density at radius 1 is 1.26 bits per heavy atom. The van der Waals surface area contributed by atoms with E-state index in [9.17, 15) is 14.4 Å². The van der Waals surface area contributed by atoms with E-state index < -0.39 is 23.4 Å². The van der Waals surface area contributed by atoms with Crippen LogP contribution in [0.1, 0.15) is 42.5 Å². The van der Waals surface area contributed by atoms with Crippen molar-refractivity contribution >= 4 is 45.4 Å². The lowest BCUT2D eigenvalue weighted by atomic mass is 9.82. The van der Waals surface area contributed by atoms with Crippen LogP contribution in [0.15, 0.2) is 22.7 Å². The summed E-state index contributed by atoms with van der Waals surface area (Å²) in [4.78, 5) is 37.1. The number of nitrogens with one attached hydrogen (secondary N) is 2. The number of carbonyl (C=O) groups is 3. The second-order valence-electron chi connectivity index (χ2n) is 5.78. The monoisotopic (exact) mass is 399 g/mol. The molecule has 1 spiro atoms. The summed E-state index contributed by atoms with van der Waals surface area (Å²) in [6, 6.07) is 4.20. The number of halogens is 2. The van der Waals surface area contributed by atoms with Crippen molar-refractivity contribution < 1.29 is 14.4 Å². The van der Waals surface area contributed by atoms with Crippen LogP contribution in [0.4, 0.5) is 4.79 Å². The van der Waals surface area contributed by atoms with E-state index in [0.29, 0.717) is 17.3 Å². The van der Waals surface area contributed by atoms with Crippen molar-refractivity contribution in [2.75, 3.05) is 0 Å². The highest BCUT2D eigenvalue weighted by Gasteiger charge is 2.52. The first-order valence-corrected chi connectivity index (χ1v) is 8.53. The van der Waals surface area contributed by atoms with Gasteiger partial charge in [-0.1, -0.05) is 46.8 Å². The first-order chi connectivity index (χ1) is 10.9. The van der Waals surface area contributed by atoms with Crippen molar-refractivity contribution in [3.8, 4) is 0 Å². The molecule has 1 aliphatic carbocycles. The number of imide groups is 1. The Kier molecular flexibility index (Phi) is 4.33. The highest BCUT2D eigenvalue weighted by molar-refractivity contribution is 9.10.